The van der Waals surface area contributed by atoms with E-state index in [1.165, 1.54) is 12.8 Å². The Morgan fingerprint density at radius 3 is 2.86 bits per heavy atom. The van der Waals surface area contributed by atoms with E-state index in [4.69, 9.17) is 19.9 Å². The molecule has 5 rings (SSSR count). The molecule has 188 valence electrons. The number of nitrogens with two attached hydrogens (primary N) is 1. The van der Waals surface area contributed by atoms with Crippen molar-refractivity contribution in [3.63, 3.8) is 0 Å². The summed E-state index contributed by atoms with van der Waals surface area (Å²) >= 11 is 0. The highest BCUT2D eigenvalue weighted by Crippen LogP contribution is 2.34. The zero-order chi connectivity index (χ0) is 24.9. The van der Waals surface area contributed by atoms with Crippen molar-refractivity contribution in [2.45, 2.75) is 19.3 Å². The summed E-state index contributed by atoms with van der Waals surface area (Å²) in [7, 11) is 1.63. The van der Waals surface area contributed by atoms with E-state index < -0.39 is 0 Å². The zero-order valence-corrected chi connectivity index (χ0v) is 20.4. The van der Waals surface area contributed by atoms with Crippen LogP contribution in [0.5, 0.6) is 17.2 Å². The van der Waals surface area contributed by atoms with Gasteiger partial charge < -0.3 is 25.3 Å². The lowest BCUT2D eigenvalue weighted by molar-refractivity contribution is -0.121. The summed E-state index contributed by atoms with van der Waals surface area (Å²) in [5, 5.41) is 3.06. The Morgan fingerprint density at radius 2 is 2.06 bits per heavy atom. The molecule has 3 aromatic rings. The predicted molar refractivity (Wildman–Crippen MR) is 137 cm³/mol. The molecule has 3 heterocycles. The number of benzene rings is 2. The third-order valence-corrected chi connectivity index (χ3v) is 6.62. The molecule has 9 nitrogen and oxygen atoms in total. The van der Waals surface area contributed by atoms with Gasteiger partial charge in [-0.15, -0.1) is 0 Å². The highest BCUT2D eigenvalue weighted by Gasteiger charge is 2.27. The van der Waals surface area contributed by atoms with Gasteiger partial charge in [-0.05, 0) is 74.3 Å². The fourth-order valence-corrected chi connectivity index (χ4v) is 4.63. The summed E-state index contributed by atoms with van der Waals surface area (Å²) < 4.78 is 17.4. The number of aromatic nitrogens is 2. The maximum absolute atomic E-state index is 13.2. The standard InChI is InChI=1S/C27H31N5O4/c1-34-21-5-7-24-19(15-21)14-20(17-36-24)26(33)30-23-6-4-18(22-8-9-29-27(28)31-22)16-25(23)35-13-12-32-10-2-3-11-32/h4-9,15-16,20H,2-3,10-14,17H2,1H3,(H,30,33)(H2,28,29,31)/t20-/m0/s1. The monoisotopic (exact) mass is 489 g/mol. The maximum atomic E-state index is 13.2. The largest absolute Gasteiger partial charge is 0.497 e. The second kappa shape index (κ2) is 10.8. The first kappa shape index (κ1) is 23.9. The molecule has 0 spiro atoms. The second-order valence-electron chi connectivity index (χ2n) is 9.08. The number of hydrogen-bond donors (Lipinski definition) is 2. The molecule has 36 heavy (non-hydrogen) atoms. The molecule has 1 fully saturated rings. The van der Waals surface area contributed by atoms with Gasteiger partial charge >= 0.3 is 0 Å². The highest BCUT2D eigenvalue weighted by atomic mass is 16.5. The Labute approximate surface area is 210 Å². The molecule has 0 saturated carbocycles. The van der Waals surface area contributed by atoms with Crippen LogP contribution in [0.2, 0.25) is 0 Å². The van der Waals surface area contributed by atoms with Gasteiger partial charge in [0.2, 0.25) is 11.9 Å². The van der Waals surface area contributed by atoms with E-state index in [0.717, 1.165) is 42.3 Å². The fourth-order valence-electron chi connectivity index (χ4n) is 4.63. The number of anilines is 2. The Balaban J connectivity index is 1.33. The van der Waals surface area contributed by atoms with Crippen LogP contribution in [-0.4, -0.2) is 60.7 Å². The molecule has 0 radical (unpaired) electrons. The van der Waals surface area contributed by atoms with Crippen LogP contribution in [0.4, 0.5) is 11.6 Å². The summed E-state index contributed by atoms with van der Waals surface area (Å²) in [5.41, 5.74) is 8.88. The highest BCUT2D eigenvalue weighted by molar-refractivity contribution is 5.95. The number of ether oxygens (including phenoxy) is 3. The Bertz CT molecular complexity index is 1230. The average Bonchev–Trinajstić information content (AvgIpc) is 3.42. The average molecular weight is 490 g/mol. The van der Waals surface area contributed by atoms with Gasteiger partial charge in [-0.1, -0.05) is 6.07 Å². The van der Waals surface area contributed by atoms with Crippen molar-refractivity contribution >= 4 is 17.5 Å². The van der Waals surface area contributed by atoms with Gasteiger partial charge in [-0.25, -0.2) is 9.97 Å². The molecule has 1 atom stereocenters. The van der Waals surface area contributed by atoms with E-state index in [1.807, 2.05) is 36.4 Å². The first-order valence-corrected chi connectivity index (χ1v) is 12.3. The van der Waals surface area contributed by atoms with E-state index in [2.05, 4.69) is 20.2 Å². The summed E-state index contributed by atoms with van der Waals surface area (Å²) in [6.07, 6.45) is 4.65. The van der Waals surface area contributed by atoms with E-state index in [9.17, 15) is 4.79 Å². The summed E-state index contributed by atoms with van der Waals surface area (Å²) in [6, 6.07) is 13.1. The maximum Gasteiger partial charge on any atom is 0.231 e. The lowest BCUT2D eigenvalue weighted by Gasteiger charge is -2.25. The van der Waals surface area contributed by atoms with Gasteiger partial charge in [0.1, 0.15) is 30.5 Å². The predicted octanol–water partition coefficient (Wildman–Crippen LogP) is 3.40. The zero-order valence-electron chi connectivity index (χ0n) is 20.4. The molecule has 0 aliphatic carbocycles. The fraction of sp³-hybridized carbons (Fsp3) is 0.370. The minimum absolute atomic E-state index is 0.119. The topological polar surface area (TPSA) is 112 Å². The first-order valence-electron chi connectivity index (χ1n) is 12.3. The first-order chi connectivity index (χ1) is 17.6. The number of methoxy groups -OCH3 is 1. The molecule has 0 bridgehead atoms. The van der Waals surface area contributed by atoms with Gasteiger partial charge in [-0.2, -0.15) is 0 Å². The van der Waals surface area contributed by atoms with Crippen molar-refractivity contribution in [3.8, 4) is 28.5 Å². The summed E-state index contributed by atoms with van der Waals surface area (Å²) in [6.45, 7) is 3.88. The van der Waals surface area contributed by atoms with Gasteiger partial charge in [0.05, 0.1) is 24.4 Å². The number of carbonyl (C=O) groups excluding carboxylic acids is 1. The molecule has 1 amide bonds. The van der Waals surface area contributed by atoms with Crippen LogP contribution in [0, 0.1) is 5.92 Å². The van der Waals surface area contributed by atoms with Crippen LogP contribution in [-0.2, 0) is 11.2 Å². The SMILES string of the molecule is COc1ccc2c(c1)C[C@H](C(=O)Nc1ccc(-c3ccnc(N)n3)cc1OCCN1CCCC1)CO2. The third-order valence-electron chi connectivity index (χ3n) is 6.62. The molecular weight excluding hydrogens is 458 g/mol. The van der Waals surface area contributed by atoms with E-state index >= 15 is 0 Å². The van der Waals surface area contributed by atoms with E-state index in [-0.39, 0.29) is 17.8 Å². The van der Waals surface area contributed by atoms with Crippen molar-refractivity contribution in [1.82, 2.24) is 14.9 Å². The molecule has 2 aromatic carbocycles. The third kappa shape index (κ3) is 5.52. The van der Waals surface area contributed by atoms with Gasteiger partial charge in [0, 0.05) is 18.3 Å². The van der Waals surface area contributed by atoms with Crippen molar-refractivity contribution in [2.24, 2.45) is 5.92 Å². The van der Waals surface area contributed by atoms with Crippen LogP contribution >= 0.6 is 0 Å². The Morgan fingerprint density at radius 1 is 1.19 bits per heavy atom. The Kier molecular flexibility index (Phi) is 7.18. The molecule has 2 aliphatic rings. The van der Waals surface area contributed by atoms with Crippen LogP contribution in [0.1, 0.15) is 18.4 Å². The summed E-state index contributed by atoms with van der Waals surface area (Å²) in [5.74, 6) is 1.88. The molecule has 2 aliphatic heterocycles. The number of amides is 1. The number of rotatable bonds is 8. The van der Waals surface area contributed by atoms with E-state index in [1.54, 1.807) is 19.4 Å². The molecule has 1 aromatic heterocycles. The number of nitrogens with one attached hydrogen (secondary N) is 1. The second-order valence-corrected chi connectivity index (χ2v) is 9.08. The quantitative estimate of drug-likeness (QED) is 0.495. The molecule has 3 N–H and O–H groups in total. The molecule has 1 saturated heterocycles. The minimum Gasteiger partial charge on any atom is -0.497 e. The van der Waals surface area contributed by atoms with Crippen molar-refractivity contribution in [3.05, 3.63) is 54.2 Å². The lowest BCUT2D eigenvalue weighted by Crippen LogP contribution is -2.32. The molecular formula is C27H31N5O4. The van der Waals surface area contributed by atoms with Crippen LogP contribution in [0.25, 0.3) is 11.3 Å². The number of likely N-dealkylation sites (tertiary alicyclic amines) is 1. The van der Waals surface area contributed by atoms with Crippen molar-refractivity contribution in [1.29, 1.82) is 0 Å². The minimum atomic E-state index is -0.330. The number of carbonyl (C=O) groups is 1. The van der Waals surface area contributed by atoms with Crippen LogP contribution in [0.3, 0.4) is 0 Å². The van der Waals surface area contributed by atoms with Gasteiger partial charge in [0.25, 0.3) is 0 Å². The number of nitrogen functional groups attached to an aromatic ring is 1. The van der Waals surface area contributed by atoms with Gasteiger partial charge in [0.15, 0.2) is 0 Å². The molecule has 0 unspecified atom stereocenters. The Hall–Kier alpha value is -3.85. The van der Waals surface area contributed by atoms with Crippen molar-refractivity contribution in [2.75, 3.05) is 51.0 Å². The number of fused-ring (bicyclic) bond motifs is 1. The number of nitrogens with zero attached hydrogens (tertiary/aromatic N) is 3. The number of hydrogen-bond acceptors (Lipinski definition) is 8. The lowest BCUT2D eigenvalue weighted by atomic mass is 9.95. The van der Waals surface area contributed by atoms with E-state index in [0.29, 0.717) is 36.8 Å². The normalized spacial score (nSPS) is 17.2. The van der Waals surface area contributed by atoms with Crippen LogP contribution < -0.4 is 25.3 Å². The van der Waals surface area contributed by atoms with Crippen molar-refractivity contribution < 1.29 is 19.0 Å². The van der Waals surface area contributed by atoms with Gasteiger partial charge in [-0.3, -0.25) is 9.69 Å². The summed E-state index contributed by atoms with van der Waals surface area (Å²) in [4.78, 5) is 23.9. The smallest absolute Gasteiger partial charge is 0.231 e. The van der Waals surface area contributed by atoms with Crippen LogP contribution in [0.15, 0.2) is 48.7 Å². The molecule has 9 heteroatoms.